The molecular formula is C17H25NO4. The van der Waals surface area contributed by atoms with Crippen molar-refractivity contribution < 1.29 is 19.7 Å². The molecule has 122 valence electrons. The number of Topliss-reactive ketones (excluding diaryl/α,β-unsaturated/α-hetero) is 1. The van der Waals surface area contributed by atoms with E-state index in [2.05, 4.69) is 4.90 Å². The largest absolute Gasteiger partial charge is 0.491 e. The second kappa shape index (κ2) is 8.27. The highest BCUT2D eigenvalue weighted by molar-refractivity contribution is 5.94. The summed E-state index contributed by atoms with van der Waals surface area (Å²) in [5, 5.41) is 19.3. The number of aliphatic hydroxyl groups excluding tert-OH is 2. The summed E-state index contributed by atoms with van der Waals surface area (Å²) in [6.45, 7) is 4.24. The first-order valence-corrected chi connectivity index (χ1v) is 7.83. The molecule has 2 atom stereocenters. The summed E-state index contributed by atoms with van der Waals surface area (Å²) >= 11 is 0. The molecule has 2 rings (SSSR count). The van der Waals surface area contributed by atoms with Crippen LogP contribution in [0.1, 0.15) is 30.1 Å². The third-order valence-corrected chi connectivity index (χ3v) is 4.01. The highest BCUT2D eigenvalue weighted by atomic mass is 16.5. The van der Waals surface area contributed by atoms with Crippen molar-refractivity contribution in [2.45, 2.75) is 25.9 Å². The number of piperidine rings is 1. The molecule has 5 nitrogen and oxygen atoms in total. The topological polar surface area (TPSA) is 70.0 Å². The second-order valence-corrected chi connectivity index (χ2v) is 6.00. The lowest BCUT2D eigenvalue weighted by Gasteiger charge is -2.33. The monoisotopic (exact) mass is 307 g/mol. The Bertz CT molecular complexity index is 491. The molecule has 0 spiro atoms. The predicted octanol–water partition coefficient (Wildman–Crippen LogP) is 1.33. The summed E-state index contributed by atoms with van der Waals surface area (Å²) in [6.07, 6.45) is 1.52. The molecule has 1 aromatic rings. The van der Waals surface area contributed by atoms with Gasteiger partial charge in [0.05, 0.1) is 0 Å². The Hall–Kier alpha value is -1.43. The summed E-state index contributed by atoms with van der Waals surface area (Å²) in [4.78, 5) is 13.5. The molecule has 2 N–H and O–H groups in total. The minimum Gasteiger partial charge on any atom is -0.491 e. The van der Waals surface area contributed by atoms with Gasteiger partial charge in [-0.15, -0.1) is 0 Å². The van der Waals surface area contributed by atoms with Crippen molar-refractivity contribution >= 4 is 5.78 Å². The number of ketones is 1. The first kappa shape index (κ1) is 16.9. The van der Waals surface area contributed by atoms with Gasteiger partial charge in [-0.3, -0.25) is 4.79 Å². The van der Waals surface area contributed by atoms with Crippen LogP contribution in [-0.2, 0) is 0 Å². The van der Waals surface area contributed by atoms with Crippen molar-refractivity contribution in [3.8, 4) is 5.75 Å². The summed E-state index contributed by atoms with van der Waals surface area (Å²) in [7, 11) is 0. The minimum absolute atomic E-state index is 0.00522. The molecule has 0 radical (unpaired) electrons. The maximum absolute atomic E-state index is 11.3. The van der Waals surface area contributed by atoms with E-state index in [9.17, 15) is 15.0 Å². The fourth-order valence-corrected chi connectivity index (χ4v) is 2.81. The number of hydrogen-bond donors (Lipinski definition) is 2. The summed E-state index contributed by atoms with van der Waals surface area (Å²) in [5.41, 5.74) is 0.605. The summed E-state index contributed by atoms with van der Waals surface area (Å²) in [5.74, 6) is 0.905. The number of carbonyl (C=O) groups excluding carboxylic acids is 1. The first-order chi connectivity index (χ1) is 10.6. The van der Waals surface area contributed by atoms with E-state index in [0.29, 0.717) is 23.8 Å². The van der Waals surface area contributed by atoms with E-state index < -0.39 is 6.10 Å². The van der Waals surface area contributed by atoms with Gasteiger partial charge in [0.25, 0.3) is 0 Å². The molecular weight excluding hydrogens is 282 g/mol. The van der Waals surface area contributed by atoms with E-state index in [4.69, 9.17) is 4.74 Å². The Kier molecular flexibility index (Phi) is 6.36. The highest BCUT2D eigenvalue weighted by Crippen LogP contribution is 2.17. The number of aliphatic hydroxyl groups is 2. The third kappa shape index (κ3) is 5.09. The molecule has 1 saturated heterocycles. The number of benzene rings is 1. The van der Waals surface area contributed by atoms with E-state index in [-0.39, 0.29) is 19.0 Å². The van der Waals surface area contributed by atoms with Crippen molar-refractivity contribution in [1.82, 2.24) is 4.90 Å². The van der Waals surface area contributed by atoms with Crippen molar-refractivity contribution in [2.24, 2.45) is 5.92 Å². The molecule has 1 heterocycles. The molecule has 0 amide bonds. The summed E-state index contributed by atoms with van der Waals surface area (Å²) < 4.78 is 5.58. The van der Waals surface area contributed by atoms with E-state index in [1.54, 1.807) is 24.3 Å². The van der Waals surface area contributed by atoms with Gasteiger partial charge in [-0.25, -0.2) is 0 Å². The number of rotatable bonds is 7. The lowest BCUT2D eigenvalue weighted by atomic mass is 9.99. The van der Waals surface area contributed by atoms with Crippen LogP contribution in [0.5, 0.6) is 5.75 Å². The fraction of sp³-hybridized carbons (Fsp3) is 0.588. The number of likely N-dealkylation sites (tertiary alicyclic amines) is 1. The quantitative estimate of drug-likeness (QED) is 0.744. The average Bonchev–Trinajstić information content (AvgIpc) is 2.53. The highest BCUT2D eigenvalue weighted by Gasteiger charge is 2.21. The van der Waals surface area contributed by atoms with E-state index in [0.717, 1.165) is 25.9 Å². The molecule has 0 aromatic heterocycles. The van der Waals surface area contributed by atoms with Crippen molar-refractivity contribution in [3.05, 3.63) is 29.8 Å². The van der Waals surface area contributed by atoms with Crippen LogP contribution < -0.4 is 4.74 Å². The molecule has 1 fully saturated rings. The Labute approximate surface area is 131 Å². The lowest BCUT2D eigenvalue weighted by Crippen LogP contribution is -2.42. The Balaban J connectivity index is 1.78. The van der Waals surface area contributed by atoms with Gasteiger partial charge >= 0.3 is 0 Å². The van der Waals surface area contributed by atoms with Crippen molar-refractivity contribution in [3.63, 3.8) is 0 Å². The second-order valence-electron chi connectivity index (χ2n) is 6.00. The van der Waals surface area contributed by atoms with Gasteiger partial charge in [-0.05, 0) is 44.4 Å². The van der Waals surface area contributed by atoms with Crippen LogP contribution in [0.4, 0.5) is 0 Å². The number of nitrogens with zero attached hydrogens (tertiary/aromatic N) is 1. The molecule has 5 heteroatoms. The first-order valence-electron chi connectivity index (χ1n) is 7.83. The van der Waals surface area contributed by atoms with Gasteiger partial charge < -0.3 is 19.8 Å². The molecule has 1 aliphatic rings. The fourth-order valence-electron chi connectivity index (χ4n) is 2.81. The third-order valence-electron chi connectivity index (χ3n) is 4.01. The van der Waals surface area contributed by atoms with Crippen LogP contribution in [0.2, 0.25) is 0 Å². The molecule has 0 saturated carbocycles. The summed E-state index contributed by atoms with van der Waals surface area (Å²) in [6, 6.07) is 6.99. The zero-order valence-corrected chi connectivity index (χ0v) is 13.1. The average molecular weight is 307 g/mol. The van der Waals surface area contributed by atoms with Gasteiger partial charge in [-0.1, -0.05) is 12.1 Å². The number of hydrogen-bond acceptors (Lipinski definition) is 5. The van der Waals surface area contributed by atoms with E-state index in [1.165, 1.54) is 6.92 Å². The van der Waals surface area contributed by atoms with Gasteiger partial charge in [-0.2, -0.15) is 0 Å². The zero-order chi connectivity index (χ0) is 15.9. The molecule has 22 heavy (non-hydrogen) atoms. The van der Waals surface area contributed by atoms with Crippen LogP contribution in [0.3, 0.4) is 0 Å². The van der Waals surface area contributed by atoms with Gasteiger partial charge in [0.2, 0.25) is 0 Å². The Morgan fingerprint density at radius 2 is 2.32 bits per heavy atom. The number of carbonyl (C=O) groups is 1. The van der Waals surface area contributed by atoms with Crippen LogP contribution >= 0.6 is 0 Å². The van der Waals surface area contributed by atoms with E-state index >= 15 is 0 Å². The van der Waals surface area contributed by atoms with Crippen LogP contribution in [0.15, 0.2) is 24.3 Å². The molecule has 1 aromatic carbocycles. The molecule has 1 aliphatic heterocycles. The minimum atomic E-state index is -0.585. The van der Waals surface area contributed by atoms with Gasteiger partial charge in [0.15, 0.2) is 5.78 Å². The zero-order valence-electron chi connectivity index (χ0n) is 13.1. The van der Waals surface area contributed by atoms with Crippen LogP contribution in [0.25, 0.3) is 0 Å². The normalized spacial score (nSPS) is 20.6. The maximum Gasteiger partial charge on any atom is 0.159 e. The van der Waals surface area contributed by atoms with Gasteiger partial charge in [0, 0.05) is 25.3 Å². The molecule has 0 aliphatic carbocycles. The number of ether oxygens (including phenoxy) is 1. The lowest BCUT2D eigenvalue weighted by molar-refractivity contribution is 0.0431. The SMILES string of the molecule is CC(=O)c1cccc(OC[C@H](O)CN2CCC[C@@H](CO)C2)c1. The smallest absolute Gasteiger partial charge is 0.159 e. The Morgan fingerprint density at radius 1 is 1.50 bits per heavy atom. The maximum atomic E-state index is 11.3. The predicted molar refractivity (Wildman–Crippen MR) is 84.2 cm³/mol. The Morgan fingerprint density at radius 3 is 3.05 bits per heavy atom. The molecule has 0 unspecified atom stereocenters. The van der Waals surface area contributed by atoms with Gasteiger partial charge in [0.1, 0.15) is 18.5 Å². The molecule has 0 bridgehead atoms. The van der Waals surface area contributed by atoms with Crippen LogP contribution in [-0.4, -0.2) is 59.8 Å². The standard InChI is InChI=1S/C17H25NO4/c1-13(20)15-5-2-6-17(8-15)22-12-16(21)10-18-7-3-4-14(9-18)11-19/h2,5-6,8,14,16,19,21H,3-4,7,9-12H2,1H3/t14-,16-/m1/s1. The van der Waals surface area contributed by atoms with Crippen molar-refractivity contribution in [2.75, 3.05) is 32.8 Å². The van der Waals surface area contributed by atoms with Crippen LogP contribution in [0, 0.1) is 5.92 Å². The van der Waals surface area contributed by atoms with Crippen molar-refractivity contribution in [1.29, 1.82) is 0 Å². The number of β-amino-alcohol motifs (C(OH)–C–C–N with tert-alkyl or cyclic N) is 1. The van der Waals surface area contributed by atoms with E-state index in [1.807, 2.05) is 0 Å².